The second-order valence-corrected chi connectivity index (χ2v) is 11.5. The van der Waals surface area contributed by atoms with E-state index in [1.807, 2.05) is 0 Å². The van der Waals surface area contributed by atoms with Gasteiger partial charge < -0.3 is 19.3 Å². The first-order chi connectivity index (χ1) is 20.3. The van der Waals surface area contributed by atoms with E-state index in [9.17, 15) is 19.2 Å². The summed E-state index contributed by atoms with van der Waals surface area (Å²) in [6.07, 6.45) is 8.66. The van der Waals surface area contributed by atoms with Crippen LogP contribution in [0.15, 0.2) is 73.1 Å². The third-order valence-corrected chi connectivity index (χ3v) is 6.86. The molecule has 3 aliphatic rings. The fraction of sp³-hybridized carbons (Fsp3) is 0.343. The number of carbonyl (C=O) groups excluding carboxylic acids is 4. The van der Waals surface area contributed by atoms with Crippen LogP contribution in [0.2, 0.25) is 0 Å². The zero-order valence-corrected chi connectivity index (χ0v) is 28.0. The summed E-state index contributed by atoms with van der Waals surface area (Å²) < 4.78 is 7.94. The Bertz CT molecular complexity index is 1260. The van der Waals surface area contributed by atoms with E-state index in [4.69, 9.17) is 0 Å². The minimum absolute atomic E-state index is 0. The van der Waals surface area contributed by atoms with Crippen molar-refractivity contribution >= 4 is 35.3 Å². The number of cyclic esters (lactones) is 4. The van der Waals surface area contributed by atoms with Crippen molar-refractivity contribution in [3.8, 4) is 0 Å². The van der Waals surface area contributed by atoms with Gasteiger partial charge in [0.25, 0.3) is 0 Å². The average molecular weight is 691 g/mol. The van der Waals surface area contributed by atoms with Crippen LogP contribution in [0.3, 0.4) is 0 Å². The van der Waals surface area contributed by atoms with Crippen LogP contribution >= 0.6 is 0 Å². The fourth-order valence-corrected chi connectivity index (χ4v) is 4.75. The summed E-state index contributed by atoms with van der Waals surface area (Å²) in [5.74, 6) is -0.474. The molecule has 2 aromatic rings. The smallest absolute Gasteiger partial charge is 0.338 e. The van der Waals surface area contributed by atoms with Crippen LogP contribution < -0.4 is 9.80 Å². The van der Waals surface area contributed by atoms with Crippen LogP contribution in [0.5, 0.6) is 0 Å². The molecule has 0 fully saturated rings. The van der Waals surface area contributed by atoms with Crippen molar-refractivity contribution in [2.45, 2.75) is 79.1 Å². The number of benzene rings is 2. The van der Waals surface area contributed by atoms with Crippen LogP contribution in [0.4, 0.5) is 11.4 Å². The van der Waals surface area contributed by atoms with Crippen molar-refractivity contribution in [2.75, 3.05) is 9.80 Å². The molecule has 3 heterocycles. The van der Waals surface area contributed by atoms with Crippen LogP contribution in [0, 0.1) is 6.67 Å². The normalized spacial score (nSPS) is 15.1. The summed E-state index contributed by atoms with van der Waals surface area (Å²) in [7, 11) is 0. The van der Waals surface area contributed by atoms with Crippen LogP contribution in [-0.2, 0) is 49.1 Å². The van der Waals surface area contributed by atoms with Gasteiger partial charge >= 0.3 is 23.9 Å². The summed E-state index contributed by atoms with van der Waals surface area (Å²) >= 11 is 0. The van der Waals surface area contributed by atoms with Crippen LogP contribution in [0.25, 0.3) is 0 Å². The molecule has 0 aromatic heterocycles. The Morgan fingerprint density at radius 3 is 0.932 bits per heavy atom. The van der Waals surface area contributed by atoms with Gasteiger partial charge in [0.15, 0.2) is 0 Å². The summed E-state index contributed by atoms with van der Waals surface area (Å²) in [6, 6.07) is 13.4. The number of hydrogen-bond acceptors (Lipinski definition) is 8. The zero-order valence-electron chi connectivity index (χ0n) is 26.4. The second-order valence-electron chi connectivity index (χ2n) is 11.5. The predicted octanol–water partition coefficient (Wildman–Crippen LogP) is 7.22. The first kappa shape index (κ1) is 36.4. The van der Waals surface area contributed by atoms with Crippen molar-refractivity contribution in [1.29, 1.82) is 0 Å². The minimum Gasteiger partial charge on any atom is -0.387 e. The summed E-state index contributed by atoms with van der Waals surface area (Å²) in [5.41, 5.74) is 8.05. The molecule has 44 heavy (non-hydrogen) atoms. The van der Waals surface area contributed by atoms with E-state index in [2.05, 4.69) is 130 Å². The van der Waals surface area contributed by atoms with Gasteiger partial charge in [-0.05, 0) is 45.9 Å². The van der Waals surface area contributed by atoms with Gasteiger partial charge in [-0.3, -0.25) is 0 Å². The average Bonchev–Trinajstić information content (AvgIpc) is 3.69. The number of esters is 4. The maximum atomic E-state index is 9.92. The Kier molecular flexibility index (Phi) is 13.5. The number of rotatable bonds is 6. The maximum Gasteiger partial charge on any atom is 0.338 e. The molecule has 0 saturated heterocycles. The van der Waals surface area contributed by atoms with Gasteiger partial charge in [0.1, 0.15) is 0 Å². The molecule has 0 amide bonds. The largest absolute Gasteiger partial charge is 0.387 e. The van der Waals surface area contributed by atoms with Crippen molar-refractivity contribution in [1.82, 2.24) is 0 Å². The van der Waals surface area contributed by atoms with Crippen molar-refractivity contribution < 1.29 is 49.1 Å². The Balaban J connectivity index is 0.000000367. The first-order valence-corrected chi connectivity index (χ1v) is 14.5. The number of para-hydroxylation sites is 2. The van der Waals surface area contributed by atoms with Gasteiger partial charge in [-0.1, -0.05) is 91.8 Å². The van der Waals surface area contributed by atoms with Gasteiger partial charge in [0.05, 0.1) is 11.4 Å². The summed E-state index contributed by atoms with van der Waals surface area (Å²) in [4.78, 5) is 44.1. The van der Waals surface area contributed by atoms with Gasteiger partial charge in [0, 0.05) is 57.1 Å². The Labute approximate surface area is 274 Å². The molecule has 0 spiro atoms. The third kappa shape index (κ3) is 9.35. The molecule has 0 unspecified atom stereocenters. The molecule has 0 N–H and O–H groups in total. The zero-order chi connectivity index (χ0) is 31.8. The number of carbonyl (C=O) groups is 4. The molecule has 0 bridgehead atoms. The molecule has 5 rings (SSSR count). The van der Waals surface area contributed by atoms with E-state index in [1.54, 1.807) is 0 Å². The molecule has 8 nitrogen and oxygen atoms in total. The first-order valence-electron chi connectivity index (χ1n) is 14.5. The maximum absolute atomic E-state index is 9.92. The number of hydrogen-bond donors (Lipinski definition) is 0. The standard InChI is InChI=1S/C27H36N2.2C4H2O3.Pd/c1-18(2)22-11-9-12-23(19(3)4)26(22)28-15-16-29(17-28)27-24(20(5)6)13-10-14-25(27)21(7)8;2*5-3-1-2-4(6)7-3;/h9-16,18-21H,1-8H3;2*1-2H;. The Morgan fingerprint density at radius 2 is 0.750 bits per heavy atom. The van der Waals surface area contributed by atoms with Crippen molar-refractivity contribution in [3.63, 3.8) is 0 Å². The minimum atomic E-state index is -0.579. The third-order valence-electron chi connectivity index (χ3n) is 6.86. The van der Waals surface area contributed by atoms with Gasteiger partial charge in [-0.25, -0.2) is 19.2 Å². The second kappa shape index (κ2) is 16.3. The number of anilines is 2. The number of ether oxygens (including phenoxy) is 2. The molecule has 0 saturated carbocycles. The van der Waals surface area contributed by atoms with E-state index in [0.717, 1.165) is 24.3 Å². The molecule has 2 radical (unpaired) electrons. The van der Waals surface area contributed by atoms with Crippen molar-refractivity contribution in [2.24, 2.45) is 0 Å². The molecule has 0 aliphatic carbocycles. The van der Waals surface area contributed by atoms with E-state index in [0.29, 0.717) is 23.7 Å². The van der Waals surface area contributed by atoms with E-state index < -0.39 is 23.9 Å². The van der Waals surface area contributed by atoms with E-state index >= 15 is 0 Å². The van der Waals surface area contributed by atoms with E-state index in [1.165, 1.54) is 33.6 Å². The number of nitrogens with zero attached hydrogens (tertiary/aromatic N) is 2. The molecular weight excluding hydrogens is 651 g/mol. The van der Waals surface area contributed by atoms with E-state index in [-0.39, 0.29) is 20.4 Å². The Hall–Kier alpha value is -3.80. The monoisotopic (exact) mass is 690 g/mol. The van der Waals surface area contributed by atoms with Gasteiger partial charge in [-0.2, -0.15) is 0 Å². The molecule has 2 aromatic carbocycles. The molecule has 236 valence electrons. The Morgan fingerprint density at radius 1 is 0.500 bits per heavy atom. The SMILES string of the molecule is CC(C)c1cccc(C(C)C)c1N1[C]N(c2c(C(C)C)cccc2C(C)C)C=C1.O=C1C=CC(=O)O1.O=C1C=CC(=O)O1.[Pd]. The van der Waals surface area contributed by atoms with Gasteiger partial charge in [-0.15, -0.1) is 0 Å². The van der Waals surface area contributed by atoms with Crippen molar-refractivity contribution in [3.05, 3.63) is 102 Å². The molecular formula is C35H40N2O6Pd. The molecule has 0 atom stereocenters. The van der Waals surface area contributed by atoms with Gasteiger partial charge in [0.2, 0.25) is 6.67 Å². The summed E-state index contributed by atoms with van der Waals surface area (Å²) in [6.45, 7) is 21.8. The topological polar surface area (TPSA) is 93.2 Å². The quantitative estimate of drug-likeness (QED) is 0.178. The van der Waals surface area contributed by atoms with Crippen LogP contribution in [-0.4, -0.2) is 23.9 Å². The predicted molar refractivity (Wildman–Crippen MR) is 167 cm³/mol. The molecule has 9 heteroatoms. The molecule has 3 aliphatic heterocycles. The summed E-state index contributed by atoms with van der Waals surface area (Å²) in [5, 5.41) is 0. The van der Waals surface area contributed by atoms with Crippen LogP contribution in [0.1, 0.15) is 101 Å². The fourth-order valence-electron chi connectivity index (χ4n) is 4.75.